The zero-order valence-electron chi connectivity index (χ0n) is 40.9. The van der Waals surface area contributed by atoms with E-state index in [-0.39, 0.29) is 108 Å². The van der Waals surface area contributed by atoms with Crippen LogP contribution in [0.15, 0.2) is 203 Å². The van der Waals surface area contributed by atoms with Crippen LogP contribution in [0.25, 0.3) is 0 Å². The Labute approximate surface area is 465 Å². The molecule has 0 fully saturated rings. The maximum atomic E-state index is 11.8. The number of carbonyl (C=O) groups excluding carboxylic acids is 1. The van der Waals surface area contributed by atoms with E-state index in [2.05, 4.69) is 15.0 Å². The third-order valence-corrected chi connectivity index (χ3v) is 8.91. The van der Waals surface area contributed by atoms with Crippen LogP contribution in [0.4, 0.5) is 0 Å². The standard InChI is InChI=1S/3C15H14NO2.C6H6O2.C4H10O.C2H4O2.3Fe/c3*17-11-10-16-15(12-6-2-1-3-7-12)13-8-4-5-9-14(13)18;7-5-3-1-2-4-6(5)8;1-3-5-4-2;1-2(3)4;;;/h3*1-9,18H,10-11H2;1-4,7-8H;3-4H2,1-2H3;1H3,(H,3,4);;;/q3*-1;;;;3*+3/p-6. The number of benzene rings is 7. The van der Waals surface area contributed by atoms with Gasteiger partial charge in [-0.25, -0.2) is 0 Å². The minimum Gasteiger partial charge on any atom is -0.873 e. The molecule has 389 valence electrons. The van der Waals surface area contributed by atoms with Gasteiger partial charge in [0.05, 0.1) is 17.1 Å². The average molecular weight is 1130 g/mol. The quantitative estimate of drug-likeness (QED) is 0.113. The van der Waals surface area contributed by atoms with Gasteiger partial charge in [0.15, 0.2) is 0 Å². The summed E-state index contributed by atoms with van der Waals surface area (Å²) in [6.45, 7) is 6.34. The van der Waals surface area contributed by atoms with E-state index >= 15 is 0 Å². The van der Waals surface area contributed by atoms with Crippen molar-refractivity contribution in [1.82, 2.24) is 0 Å². The predicted octanol–water partition coefficient (Wildman–Crippen LogP) is 2.50. The van der Waals surface area contributed by atoms with Crippen molar-refractivity contribution in [2.45, 2.75) is 20.8 Å². The molecule has 0 aliphatic heterocycles. The Bertz CT molecular complexity index is 2380. The Morgan fingerprint density at radius 1 is 0.378 bits per heavy atom. The maximum Gasteiger partial charge on any atom is 3.00 e. The van der Waals surface area contributed by atoms with E-state index in [0.717, 1.165) is 36.8 Å². The van der Waals surface area contributed by atoms with Crippen molar-refractivity contribution in [1.29, 1.82) is 0 Å². The molecule has 7 aromatic carbocycles. The van der Waals surface area contributed by atoms with Gasteiger partial charge in [0.2, 0.25) is 0 Å². The summed E-state index contributed by atoms with van der Waals surface area (Å²) in [7, 11) is 0. The van der Waals surface area contributed by atoms with Gasteiger partial charge in [-0.3, -0.25) is 15.0 Å². The first-order valence-corrected chi connectivity index (χ1v) is 22.4. The van der Waals surface area contributed by atoms with Crippen molar-refractivity contribution in [2.75, 3.05) is 52.7 Å². The van der Waals surface area contributed by atoms with Gasteiger partial charge in [0, 0.05) is 55.5 Å². The van der Waals surface area contributed by atoms with E-state index in [1.54, 1.807) is 66.7 Å². The number of rotatable bonds is 14. The fourth-order valence-electron chi connectivity index (χ4n) is 5.90. The van der Waals surface area contributed by atoms with Crippen LogP contribution in [0, 0.1) is 0 Å². The molecule has 3 radical (unpaired) electrons. The van der Waals surface area contributed by atoms with Crippen LogP contribution in [0.2, 0.25) is 0 Å². The van der Waals surface area contributed by atoms with Gasteiger partial charge in [-0.15, -0.1) is 31.3 Å². The molecule has 0 aliphatic carbocycles. The van der Waals surface area contributed by atoms with E-state index < -0.39 is 17.5 Å². The van der Waals surface area contributed by atoms with Gasteiger partial charge in [0.25, 0.3) is 0 Å². The molecule has 0 saturated heterocycles. The molecule has 0 aliphatic rings. The first-order valence-electron chi connectivity index (χ1n) is 22.4. The molecule has 0 amide bonds. The Balaban J connectivity index is 0. The van der Waals surface area contributed by atoms with Crippen molar-refractivity contribution in [3.63, 3.8) is 0 Å². The van der Waals surface area contributed by atoms with Crippen molar-refractivity contribution in [3.8, 4) is 28.7 Å². The second kappa shape index (κ2) is 42.9. The van der Waals surface area contributed by atoms with Gasteiger partial charge >= 0.3 is 51.2 Å². The molecule has 0 aromatic heterocycles. The number of ether oxygens (including phenoxy) is 1. The van der Waals surface area contributed by atoms with E-state index in [1.165, 1.54) is 30.3 Å². The van der Waals surface area contributed by atoms with Crippen LogP contribution in [0.1, 0.15) is 54.2 Å². The molecule has 0 spiro atoms. The number of carboxylic acids is 1. The molecular formula is C57H56Fe3N3O11. The number of para-hydroxylation sites is 5. The number of nitrogens with zero attached hydrogens (tertiary/aromatic N) is 3. The summed E-state index contributed by atoms with van der Waals surface area (Å²) < 4.78 is 4.83. The minimum absolute atomic E-state index is 0. The van der Waals surface area contributed by atoms with Crippen molar-refractivity contribution in [2.24, 2.45) is 15.0 Å². The summed E-state index contributed by atoms with van der Waals surface area (Å²) in [6.07, 6.45) is 0. The van der Waals surface area contributed by atoms with E-state index in [4.69, 9.17) is 14.6 Å². The minimum atomic E-state index is -1.08. The molecule has 74 heavy (non-hydrogen) atoms. The molecule has 0 unspecified atom stereocenters. The smallest absolute Gasteiger partial charge is 0.873 e. The molecule has 0 heterocycles. The predicted molar refractivity (Wildman–Crippen MR) is 261 cm³/mol. The first kappa shape index (κ1) is 69.5. The van der Waals surface area contributed by atoms with Crippen molar-refractivity contribution < 1.29 is 107 Å². The number of aliphatic imine (C=N–C) groups is 3. The van der Waals surface area contributed by atoms with Crippen molar-refractivity contribution >= 4 is 23.1 Å². The molecule has 0 bridgehead atoms. The third kappa shape index (κ3) is 27.5. The Hall–Kier alpha value is -6.58. The van der Waals surface area contributed by atoms with E-state index in [1.807, 2.05) is 105 Å². The van der Waals surface area contributed by atoms with Gasteiger partial charge in [-0.05, 0) is 37.5 Å². The first-order chi connectivity index (χ1) is 34.4. The number of carboxylic acid groups (broad SMARTS) is 1. The number of aliphatic carboxylic acids is 1. The monoisotopic (exact) mass is 1130 g/mol. The van der Waals surface area contributed by atoms with E-state index in [9.17, 15) is 40.9 Å². The molecule has 7 aromatic rings. The number of hydrogen-bond donors (Lipinski definition) is 0. The Kier molecular flexibility index (Phi) is 40.3. The summed E-state index contributed by atoms with van der Waals surface area (Å²) in [6, 6.07) is 54.1. The topological polar surface area (TPSA) is 271 Å². The van der Waals surface area contributed by atoms with Crippen LogP contribution in [0.3, 0.4) is 0 Å². The SMILES string of the molecule is CC(=O)[O-].CCOCC.[Fe+3].[Fe+3].[Fe+3].[O-]CCN=C(c1ccccc1)c1ccccc1[O-].[O-]CCN=C(c1ccccc1)c1ccccc1[O-].[O-]CCN=C(c1ccccc1)c1ccccc1[O-].[O-]c1ccccc1[O-]. The van der Waals surface area contributed by atoms with Gasteiger partial charge in [0.1, 0.15) is 0 Å². The van der Waals surface area contributed by atoms with Crippen LogP contribution in [0.5, 0.6) is 28.7 Å². The van der Waals surface area contributed by atoms with Gasteiger partial charge < -0.3 is 55.5 Å². The summed E-state index contributed by atoms with van der Waals surface area (Å²) in [4.78, 5) is 21.6. The Morgan fingerprint density at radius 2 is 0.581 bits per heavy atom. The van der Waals surface area contributed by atoms with Crippen molar-refractivity contribution in [3.05, 3.63) is 221 Å². The zero-order chi connectivity index (χ0) is 52.1. The van der Waals surface area contributed by atoms with Crippen LogP contribution in [-0.4, -0.2) is 75.8 Å². The van der Waals surface area contributed by atoms with Gasteiger partial charge in [-0.2, -0.15) is 0 Å². The molecular weight excluding hydrogens is 1070 g/mol. The molecule has 7 rings (SSSR count). The summed E-state index contributed by atoms with van der Waals surface area (Å²) in [5.74, 6) is -2.19. The average Bonchev–Trinajstić information content (AvgIpc) is 3.38. The van der Waals surface area contributed by atoms with Crippen LogP contribution in [-0.2, 0) is 60.7 Å². The molecule has 17 heteroatoms. The summed E-state index contributed by atoms with van der Waals surface area (Å²) in [5, 5.41) is 96.8. The second-order valence-electron chi connectivity index (χ2n) is 14.1. The van der Waals surface area contributed by atoms with Crippen LogP contribution < -0.4 is 46.0 Å². The van der Waals surface area contributed by atoms with Crippen LogP contribution >= 0.6 is 0 Å². The fraction of sp³-hybridized carbons (Fsp3) is 0.193. The van der Waals surface area contributed by atoms with E-state index in [0.29, 0.717) is 33.8 Å². The molecule has 14 nitrogen and oxygen atoms in total. The number of carbonyl (C=O) groups is 1. The Morgan fingerprint density at radius 3 is 0.757 bits per heavy atom. The summed E-state index contributed by atoms with van der Waals surface area (Å²) >= 11 is 0. The largest absolute Gasteiger partial charge is 3.00 e. The zero-order valence-corrected chi connectivity index (χ0v) is 44.3. The molecule has 0 atom stereocenters. The third-order valence-electron chi connectivity index (χ3n) is 8.91. The van der Waals surface area contributed by atoms with Gasteiger partial charge in [-0.1, -0.05) is 205 Å². The number of hydrogen-bond acceptors (Lipinski definition) is 14. The maximum absolute atomic E-state index is 11.8. The normalized spacial score (nSPS) is 10.3. The summed E-state index contributed by atoms with van der Waals surface area (Å²) in [5.41, 5.74) is 5.97. The molecule has 0 saturated carbocycles. The second-order valence-corrected chi connectivity index (χ2v) is 14.1. The molecule has 0 N–H and O–H groups in total. The fourth-order valence-corrected chi connectivity index (χ4v) is 5.90.